The molecule has 1 heterocycles. The molecule has 2 aromatic rings. The van der Waals surface area contributed by atoms with Crippen molar-refractivity contribution in [2.45, 2.75) is 18.6 Å². The quantitative estimate of drug-likeness (QED) is 0.811. The van der Waals surface area contributed by atoms with Crippen molar-refractivity contribution in [1.82, 2.24) is 5.32 Å². The van der Waals surface area contributed by atoms with Gasteiger partial charge in [-0.2, -0.15) is 13.2 Å². The van der Waals surface area contributed by atoms with Gasteiger partial charge in [0.2, 0.25) is 5.91 Å². The minimum atomic E-state index is -4.49. The molecule has 1 aliphatic rings. The highest BCUT2D eigenvalue weighted by Gasteiger charge is 2.32. The fourth-order valence-electron chi connectivity index (χ4n) is 2.80. The lowest BCUT2D eigenvalue weighted by Crippen LogP contribution is -2.39. The molecule has 1 atom stereocenters. The van der Waals surface area contributed by atoms with E-state index >= 15 is 0 Å². The monoisotopic (exact) mass is 397 g/mol. The van der Waals surface area contributed by atoms with Gasteiger partial charge in [0.1, 0.15) is 0 Å². The molecule has 3 amide bonds. The van der Waals surface area contributed by atoms with Crippen molar-refractivity contribution in [3.05, 3.63) is 59.1 Å². The Labute approximate surface area is 158 Å². The minimum Gasteiger partial charge on any atom is -0.333 e. The molecule has 0 aliphatic carbocycles. The number of rotatable bonds is 3. The Morgan fingerprint density at radius 3 is 2.52 bits per heavy atom. The number of benzene rings is 2. The highest BCUT2D eigenvalue weighted by Crippen LogP contribution is 2.30. The van der Waals surface area contributed by atoms with Crippen LogP contribution in [0.25, 0.3) is 0 Å². The summed E-state index contributed by atoms with van der Waals surface area (Å²) in [6.07, 6.45) is -4.40. The Morgan fingerprint density at radius 2 is 1.85 bits per heavy atom. The third-order valence-corrected chi connectivity index (χ3v) is 4.30. The number of hydrogen-bond acceptors (Lipinski definition) is 2. The van der Waals surface area contributed by atoms with Gasteiger partial charge in [-0.25, -0.2) is 4.79 Å². The van der Waals surface area contributed by atoms with Crippen LogP contribution in [0.4, 0.5) is 29.3 Å². The fraction of sp³-hybridized carbons (Fsp3) is 0.222. The van der Waals surface area contributed by atoms with Gasteiger partial charge in [-0.1, -0.05) is 17.7 Å². The van der Waals surface area contributed by atoms with Gasteiger partial charge >= 0.3 is 12.2 Å². The van der Waals surface area contributed by atoms with E-state index < -0.39 is 23.8 Å². The Kier molecular flexibility index (Phi) is 5.27. The van der Waals surface area contributed by atoms with E-state index in [-0.39, 0.29) is 24.6 Å². The number of anilines is 2. The zero-order valence-electron chi connectivity index (χ0n) is 13.9. The molecule has 0 bridgehead atoms. The van der Waals surface area contributed by atoms with Gasteiger partial charge in [-0.15, -0.1) is 0 Å². The predicted molar refractivity (Wildman–Crippen MR) is 95.8 cm³/mol. The van der Waals surface area contributed by atoms with Crippen LogP contribution in [0.15, 0.2) is 48.5 Å². The maximum atomic E-state index is 12.7. The third-order valence-electron chi connectivity index (χ3n) is 4.05. The van der Waals surface area contributed by atoms with E-state index in [4.69, 9.17) is 11.6 Å². The molecule has 2 aromatic carbocycles. The number of alkyl halides is 3. The van der Waals surface area contributed by atoms with E-state index in [1.165, 1.54) is 17.0 Å². The van der Waals surface area contributed by atoms with E-state index in [1.54, 1.807) is 24.3 Å². The van der Waals surface area contributed by atoms with Gasteiger partial charge in [0.15, 0.2) is 0 Å². The Balaban J connectivity index is 1.60. The van der Waals surface area contributed by atoms with Crippen LogP contribution in [0.1, 0.15) is 12.0 Å². The smallest absolute Gasteiger partial charge is 0.333 e. The SMILES string of the molecule is O=C(Nc1cccc(C(F)(F)F)c1)NC1CC(=O)N(c2ccc(Cl)cc2)C1. The molecule has 1 fully saturated rings. The van der Waals surface area contributed by atoms with Gasteiger partial charge in [-0.05, 0) is 42.5 Å². The molecule has 0 aromatic heterocycles. The van der Waals surface area contributed by atoms with Gasteiger partial charge < -0.3 is 15.5 Å². The van der Waals surface area contributed by atoms with Gasteiger partial charge in [0.05, 0.1) is 11.6 Å². The average Bonchev–Trinajstić information content (AvgIpc) is 2.95. The number of amides is 3. The van der Waals surface area contributed by atoms with Crippen LogP contribution in [0.2, 0.25) is 5.02 Å². The molecule has 1 unspecified atom stereocenters. The number of hydrogen-bond donors (Lipinski definition) is 2. The molecule has 27 heavy (non-hydrogen) atoms. The van der Waals surface area contributed by atoms with E-state index in [9.17, 15) is 22.8 Å². The molecule has 0 spiro atoms. The van der Waals surface area contributed by atoms with Crippen LogP contribution < -0.4 is 15.5 Å². The van der Waals surface area contributed by atoms with Crippen molar-refractivity contribution in [1.29, 1.82) is 0 Å². The van der Waals surface area contributed by atoms with E-state index in [0.29, 0.717) is 10.7 Å². The topological polar surface area (TPSA) is 61.4 Å². The summed E-state index contributed by atoms with van der Waals surface area (Å²) in [7, 11) is 0. The van der Waals surface area contributed by atoms with E-state index in [2.05, 4.69) is 10.6 Å². The second-order valence-electron chi connectivity index (χ2n) is 6.06. The van der Waals surface area contributed by atoms with Crippen LogP contribution in [-0.2, 0) is 11.0 Å². The zero-order chi connectivity index (χ0) is 19.6. The normalized spacial score (nSPS) is 17.1. The molecule has 1 aliphatic heterocycles. The Morgan fingerprint density at radius 1 is 1.15 bits per heavy atom. The predicted octanol–water partition coefficient (Wildman–Crippen LogP) is 4.29. The molecule has 3 rings (SSSR count). The van der Waals surface area contributed by atoms with Gasteiger partial charge in [0.25, 0.3) is 0 Å². The molecular weight excluding hydrogens is 383 g/mol. The standard InChI is InChI=1S/C18H15ClF3N3O2/c19-12-4-6-15(7-5-12)25-10-14(9-16(25)26)24-17(27)23-13-3-1-2-11(8-13)18(20,21)22/h1-8,14H,9-10H2,(H2,23,24,27). The lowest BCUT2D eigenvalue weighted by Gasteiger charge is -2.17. The summed E-state index contributed by atoms with van der Waals surface area (Å²) < 4.78 is 38.2. The van der Waals surface area contributed by atoms with E-state index in [0.717, 1.165) is 12.1 Å². The van der Waals surface area contributed by atoms with Gasteiger partial charge in [0, 0.05) is 29.4 Å². The fourth-order valence-corrected chi connectivity index (χ4v) is 2.93. The lowest BCUT2D eigenvalue weighted by atomic mass is 10.2. The van der Waals surface area contributed by atoms with Crippen LogP contribution in [0, 0.1) is 0 Å². The van der Waals surface area contributed by atoms with Crippen molar-refractivity contribution < 1.29 is 22.8 Å². The Hall–Kier alpha value is -2.74. The van der Waals surface area contributed by atoms with Crippen LogP contribution in [0.5, 0.6) is 0 Å². The van der Waals surface area contributed by atoms with Crippen molar-refractivity contribution in [2.75, 3.05) is 16.8 Å². The number of carbonyl (C=O) groups excluding carboxylic acids is 2. The van der Waals surface area contributed by atoms with Gasteiger partial charge in [-0.3, -0.25) is 4.79 Å². The number of halogens is 4. The highest BCUT2D eigenvalue weighted by atomic mass is 35.5. The van der Waals surface area contributed by atoms with Crippen LogP contribution in [0.3, 0.4) is 0 Å². The molecule has 0 saturated carbocycles. The zero-order valence-corrected chi connectivity index (χ0v) is 14.6. The largest absolute Gasteiger partial charge is 0.416 e. The van der Waals surface area contributed by atoms with E-state index in [1.807, 2.05) is 0 Å². The maximum absolute atomic E-state index is 12.7. The van der Waals surface area contributed by atoms with Crippen molar-refractivity contribution in [2.24, 2.45) is 0 Å². The molecule has 2 N–H and O–H groups in total. The minimum absolute atomic E-state index is 0.0150. The molecule has 142 valence electrons. The molecular formula is C18H15ClF3N3O2. The number of carbonyl (C=O) groups is 2. The lowest BCUT2D eigenvalue weighted by molar-refractivity contribution is -0.137. The van der Waals surface area contributed by atoms with Crippen LogP contribution in [-0.4, -0.2) is 24.5 Å². The summed E-state index contributed by atoms with van der Waals surface area (Å²) in [5.41, 5.74) is -0.182. The van der Waals surface area contributed by atoms with Crippen molar-refractivity contribution >= 4 is 34.9 Å². The summed E-state index contributed by atoms with van der Waals surface area (Å²) in [4.78, 5) is 25.8. The second-order valence-corrected chi connectivity index (χ2v) is 6.50. The maximum Gasteiger partial charge on any atom is 0.416 e. The molecule has 9 heteroatoms. The summed E-state index contributed by atoms with van der Waals surface area (Å²) in [6, 6.07) is 9.91. The first-order valence-corrected chi connectivity index (χ1v) is 8.41. The summed E-state index contributed by atoms with van der Waals surface area (Å²) in [5, 5.41) is 5.51. The Bertz CT molecular complexity index is 856. The first-order chi connectivity index (χ1) is 12.7. The molecule has 1 saturated heterocycles. The molecule has 5 nitrogen and oxygen atoms in total. The third kappa shape index (κ3) is 4.71. The summed E-state index contributed by atoms with van der Waals surface area (Å²) in [6.45, 7) is 0.260. The number of nitrogens with zero attached hydrogens (tertiary/aromatic N) is 1. The van der Waals surface area contributed by atoms with Crippen LogP contribution >= 0.6 is 11.6 Å². The summed E-state index contributed by atoms with van der Waals surface area (Å²) in [5.74, 6) is -0.165. The average molecular weight is 398 g/mol. The summed E-state index contributed by atoms with van der Waals surface area (Å²) >= 11 is 5.83. The number of urea groups is 1. The number of nitrogens with one attached hydrogen (secondary N) is 2. The van der Waals surface area contributed by atoms with Crippen molar-refractivity contribution in [3.8, 4) is 0 Å². The van der Waals surface area contributed by atoms with Crippen molar-refractivity contribution in [3.63, 3.8) is 0 Å². The first-order valence-electron chi connectivity index (χ1n) is 8.03. The molecule has 0 radical (unpaired) electrons. The highest BCUT2D eigenvalue weighted by molar-refractivity contribution is 6.30. The second kappa shape index (κ2) is 7.48. The first kappa shape index (κ1) is 19.0.